The Bertz CT molecular complexity index is 921. The standard InChI is InChI=1S/C11H8N2O4S/c1-18(15,16)13-6-8-10(12-13)7-4-2-3-5-9(7)17-11(8)14/h2-6H,1H3. The first-order valence-corrected chi connectivity index (χ1v) is 6.93. The highest BCUT2D eigenvalue weighted by molar-refractivity contribution is 7.89. The molecule has 0 aliphatic heterocycles. The fourth-order valence-corrected chi connectivity index (χ4v) is 2.30. The summed E-state index contributed by atoms with van der Waals surface area (Å²) in [6, 6.07) is 6.85. The summed E-state index contributed by atoms with van der Waals surface area (Å²) in [7, 11) is -3.53. The topological polar surface area (TPSA) is 82.2 Å². The first-order chi connectivity index (χ1) is 8.47. The lowest BCUT2D eigenvalue weighted by Gasteiger charge is -1.95. The van der Waals surface area contributed by atoms with Gasteiger partial charge in [0.1, 0.15) is 16.5 Å². The molecule has 0 N–H and O–H groups in total. The highest BCUT2D eigenvalue weighted by atomic mass is 32.2. The second-order valence-electron chi connectivity index (χ2n) is 3.91. The lowest BCUT2D eigenvalue weighted by atomic mass is 10.2. The van der Waals surface area contributed by atoms with Crippen LogP contribution in [0.5, 0.6) is 0 Å². The molecule has 18 heavy (non-hydrogen) atoms. The molecule has 0 atom stereocenters. The second-order valence-corrected chi connectivity index (χ2v) is 5.75. The van der Waals surface area contributed by atoms with Crippen LogP contribution in [0.15, 0.2) is 39.7 Å². The normalized spacial score (nSPS) is 12.3. The number of benzene rings is 1. The van der Waals surface area contributed by atoms with E-state index in [-0.39, 0.29) is 5.39 Å². The zero-order valence-electron chi connectivity index (χ0n) is 9.32. The van der Waals surface area contributed by atoms with Crippen molar-refractivity contribution in [3.05, 3.63) is 40.9 Å². The van der Waals surface area contributed by atoms with Gasteiger partial charge in [0.05, 0.1) is 12.5 Å². The average molecular weight is 264 g/mol. The molecule has 0 fully saturated rings. The van der Waals surface area contributed by atoms with Crippen LogP contribution in [0.2, 0.25) is 0 Å². The van der Waals surface area contributed by atoms with Crippen molar-refractivity contribution in [3.8, 4) is 0 Å². The molecule has 3 rings (SSSR count). The van der Waals surface area contributed by atoms with Gasteiger partial charge in [-0.15, -0.1) is 0 Å². The van der Waals surface area contributed by atoms with Crippen molar-refractivity contribution in [3.63, 3.8) is 0 Å². The number of rotatable bonds is 1. The van der Waals surface area contributed by atoms with Crippen LogP contribution in [-0.4, -0.2) is 23.9 Å². The number of hydrogen-bond donors (Lipinski definition) is 0. The maximum atomic E-state index is 11.7. The highest BCUT2D eigenvalue weighted by Gasteiger charge is 2.15. The first kappa shape index (κ1) is 11.0. The quantitative estimate of drug-likeness (QED) is 0.611. The Hall–Kier alpha value is -2.15. The summed E-state index contributed by atoms with van der Waals surface area (Å²) < 4.78 is 28.7. The summed E-state index contributed by atoms with van der Waals surface area (Å²) in [5, 5.41) is 4.70. The molecule has 1 aromatic carbocycles. The molecule has 2 heterocycles. The van der Waals surface area contributed by atoms with Gasteiger partial charge in [0.2, 0.25) is 0 Å². The van der Waals surface area contributed by atoms with E-state index in [9.17, 15) is 13.2 Å². The Morgan fingerprint density at radius 2 is 1.94 bits per heavy atom. The predicted octanol–water partition coefficient (Wildman–Crippen LogP) is 0.950. The van der Waals surface area contributed by atoms with E-state index >= 15 is 0 Å². The number of para-hydroxylation sites is 1. The van der Waals surface area contributed by atoms with Crippen molar-refractivity contribution in [2.75, 3.05) is 6.26 Å². The molecular formula is C11H8N2O4S. The van der Waals surface area contributed by atoms with E-state index in [1.54, 1.807) is 24.3 Å². The van der Waals surface area contributed by atoms with Crippen LogP contribution < -0.4 is 5.63 Å². The Labute approximate surface area is 101 Å². The van der Waals surface area contributed by atoms with Crippen LogP contribution in [0, 0.1) is 0 Å². The third-order valence-corrected chi connectivity index (χ3v) is 3.46. The molecule has 2 aromatic heterocycles. The average Bonchev–Trinajstić information content (AvgIpc) is 2.74. The molecule has 0 bridgehead atoms. The summed E-state index contributed by atoms with van der Waals surface area (Å²) in [5.74, 6) is 0. The van der Waals surface area contributed by atoms with Gasteiger partial charge in [-0.2, -0.15) is 9.19 Å². The maximum absolute atomic E-state index is 11.7. The van der Waals surface area contributed by atoms with Gasteiger partial charge < -0.3 is 4.42 Å². The van der Waals surface area contributed by atoms with E-state index in [4.69, 9.17) is 4.42 Å². The minimum Gasteiger partial charge on any atom is -0.422 e. The van der Waals surface area contributed by atoms with Gasteiger partial charge in [-0.25, -0.2) is 13.2 Å². The van der Waals surface area contributed by atoms with E-state index in [0.29, 0.717) is 16.5 Å². The van der Waals surface area contributed by atoms with E-state index in [0.717, 1.165) is 10.3 Å². The molecule has 0 saturated heterocycles. The zero-order chi connectivity index (χ0) is 12.9. The van der Waals surface area contributed by atoms with Crippen molar-refractivity contribution in [1.29, 1.82) is 0 Å². The van der Waals surface area contributed by atoms with Gasteiger partial charge in [0, 0.05) is 5.39 Å². The summed E-state index contributed by atoms with van der Waals surface area (Å²) in [6.07, 6.45) is 2.19. The Morgan fingerprint density at radius 1 is 1.22 bits per heavy atom. The van der Waals surface area contributed by atoms with Crippen LogP contribution in [0.1, 0.15) is 0 Å². The minimum atomic E-state index is -3.53. The molecule has 0 radical (unpaired) electrons. The SMILES string of the molecule is CS(=O)(=O)n1cc2c(=O)oc3ccccc3c2n1. The van der Waals surface area contributed by atoms with Gasteiger partial charge in [-0.3, -0.25) is 0 Å². The Morgan fingerprint density at radius 3 is 2.67 bits per heavy atom. The number of hydrogen-bond acceptors (Lipinski definition) is 5. The molecule has 7 heteroatoms. The van der Waals surface area contributed by atoms with Crippen molar-refractivity contribution in [2.24, 2.45) is 0 Å². The maximum Gasteiger partial charge on any atom is 0.347 e. The van der Waals surface area contributed by atoms with Gasteiger partial charge in [0.15, 0.2) is 0 Å². The van der Waals surface area contributed by atoms with Crippen LogP contribution >= 0.6 is 0 Å². The summed E-state index contributed by atoms with van der Waals surface area (Å²) in [5.41, 5.74) is 0.111. The van der Waals surface area contributed by atoms with Crippen molar-refractivity contribution in [1.82, 2.24) is 9.19 Å². The largest absolute Gasteiger partial charge is 0.422 e. The molecule has 6 nitrogen and oxygen atoms in total. The fourth-order valence-electron chi connectivity index (χ4n) is 1.78. The fraction of sp³-hybridized carbons (Fsp3) is 0.0909. The van der Waals surface area contributed by atoms with Crippen LogP contribution in [0.4, 0.5) is 0 Å². The van der Waals surface area contributed by atoms with E-state index < -0.39 is 15.6 Å². The molecule has 0 unspecified atom stereocenters. The predicted molar refractivity (Wildman–Crippen MR) is 66.0 cm³/mol. The number of nitrogens with zero attached hydrogens (tertiary/aromatic N) is 2. The third-order valence-electron chi connectivity index (χ3n) is 2.60. The molecule has 0 saturated carbocycles. The molecule has 0 spiro atoms. The Balaban J connectivity index is 2.57. The van der Waals surface area contributed by atoms with Gasteiger partial charge in [-0.05, 0) is 12.1 Å². The van der Waals surface area contributed by atoms with Crippen molar-refractivity contribution < 1.29 is 12.8 Å². The Kier molecular flexibility index (Phi) is 2.09. The van der Waals surface area contributed by atoms with Crippen molar-refractivity contribution in [2.45, 2.75) is 0 Å². The van der Waals surface area contributed by atoms with Crippen molar-refractivity contribution >= 4 is 31.9 Å². The number of aromatic nitrogens is 2. The van der Waals surface area contributed by atoms with E-state index in [1.807, 2.05) is 0 Å². The minimum absolute atomic E-state index is 0.152. The lowest BCUT2D eigenvalue weighted by molar-refractivity contribution is 0.569. The summed E-state index contributed by atoms with van der Waals surface area (Å²) in [6.45, 7) is 0. The van der Waals surface area contributed by atoms with Gasteiger partial charge >= 0.3 is 5.63 Å². The van der Waals surface area contributed by atoms with Crippen LogP contribution in [0.3, 0.4) is 0 Å². The summed E-state index contributed by atoms with van der Waals surface area (Å²) >= 11 is 0. The summed E-state index contributed by atoms with van der Waals surface area (Å²) in [4.78, 5) is 11.7. The second kappa shape index (κ2) is 3.42. The lowest BCUT2D eigenvalue weighted by Crippen LogP contribution is -2.10. The van der Waals surface area contributed by atoms with Crippen LogP contribution in [0.25, 0.3) is 21.9 Å². The van der Waals surface area contributed by atoms with Gasteiger partial charge in [-0.1, -0.05) is 12.1 Å². The smallest absolute Gasteiger partial charge is 0.347 e. The van der Waals surface area contributed by atoms with E-state index in [2.05, 4.69) is 5.10 Å². The zero-order valence-corrected chi connectivity index (χ0v) is 10.1. The van der Waals surface area contributed by atoms with Gasteiger partial charge in [0.25, 0.3) is 10.0 Å². The third kappa shape index (κ3) is 1.52. The molecular weight excluding hydrogens is 256 g/mol. The monoisotopic (exact) mass is 264 g/mol. The number of fused-ring (bicyclic) bond motifs is 3. The molecule has 0 aliphatic rings. The van der Waals surface area contributed by atoms with E-state index in [1.165, 1.54) is 6.20 Å². The molecule has 92 valence electrons. The van der Waals surface area contributed by atoms with Crippen LogP contribution in [-0.2, 0) is 10.0 Å². The highest BCUT2D eigenvalue weighted by Crippen LogP contribution is 2.21. The first-order valence-electron chi connectivity index (χ1n) is 5.08. The molecule has 0 aliphatic carbocycles. The molecule has 3 aromatic rings. The molecule has 0 amide bonds.